The van der Waals surface area contributed by atoms with Crippen LogP contribution < -0.4 is 10.3 Å². The van der Waals surface area contributed by atoms with E-state index >= 15 is 0 Å². The summed E-state index contributed by atoms with van der Waals surface area (Å²) in [5.41, 5.74) is -0.425. The Kier molecular flexibility index (Phi) is 5.50. The van der Waals surface area contributed by atoms with Crippen molar-refractivity contribution in [3.63, 3.8) is 0 Å². The molecule has 0 radical (unpaired) electrons. The number of aromatic hydroxyl groups is 1. The van der Waals surface area contributed by atoms with E-state index in [1.54, 1.807) is 60.7 Å². The van der Waals surface area contributed by atoms with E-state index in [1.807, 2.05) is 0 Å². The molecular weight excluding hydrogens is 440 g/mol. The number of sulfone groups is 1. The summed E-state index contributed by atoms with van der Waals surface area (Å²) in [6.45, 7) is 0. The van der Waals surface area contributed by atoms with Gasteiger partial charge in [-0.3, -0.25) is 4.79 Å². The van der Waals surface area contributed by atoms with Gasteiger partial charge in [-0.15, -0.1) is 5.10 Å². The van der Waals surface area contributed by atoms with E-state index in [4.69, 9.17) is 16.3 Å². The highest BCUT2D eigenvalue weighted by molar-refractivity contribution is 7.91. The molecule has 0 saturated carbocycles. The third-order valence-electron chi connectivity index (χ3n) is 4.34. The maximum absolute atomic E-state index is 13.3. The fourth-order valence-corrected chi connectivity index (χ4v) is 4.68. The molecule has 1 aromatic heterocycles. The number of nitrogens with zero attached hydrogens (tertiary/aromatic N) is 2. The van der Waals surface area contributed by atoms with Crippen molar-refractivity contribution in [2.45, 2.75) is 9.79 Å². The second kappa shape index (κ2) is 8.25. The molecule has 0 bridgehead atoms. The van der Waals surface area contributed by atoms with Crippen molar-refractivity contribution in [2.24, 2.45) is 0 Å². The quantitative estimate of drug-likeness (QED) is 0.485. The second-order valence-corrected chi connectivity index (χ2v) is 8.68. The lowest BCUT2D eigenvalue weighted by Crippen LogP contribution is -2.25. The highest BCUT2D eigenvalue weighted by Crippen LogP contribution is 2.35. The number of phenols is 1. The molecule has 0 saturated heterocycles. The van der Waals surface area contributed by atoms with Gasteiger partial charge in [0.25, 0.3) is 11.4 Å². The van der Waals surface area contributed by atoms with E-state index in [-0.39, 0.29) is 16.5 Å². The van der Waals surface area contributed by atoms with Crippen LogP contribution in [0, 0.1) is 0 Å². The first-order valence-electron chi connectivity index (χ1n) is 9.03. The number of hydrogen-bond acceptors (Lipinski definition) is 6. The van der Waals surface area contributed by atoms with Gasteiger partial charge in [0.15, 0.2) is 4.90 Å². The van der Waals surface area contributed by atoms with Gasteiger partial charge in [0.1, 0.15) is 16.5 Å². The number of hydrogen-bond donors (Lipinski definition) is 1. The van der Waals surface area contributed by atoms with E-state index in [1.165, 1.54) is 24.3 Å². The first-order valence-corrected chi connectivity index (χ1v) is 10.9. The Balaban J connectivity index is 1.98. The Morgan fingerprint density at radius 1 is 0.871 bits per heavy atom. The van der Waals surface area contributed by atoms with E-state index in [9.17, 15) is 18.3 Å². The Bertz CT molecular complexity index is 1390. The van der Waals surface area contributed by atoms with Crippen LogP contribution in [0.15, 0.2) is 99.5 Å². The van der Waals surface area contributed by atoms with Gasteiger partial charge < -0.3 is 9.84 Å². The van der Waals surface area contributed by atoms with E-state index in [0.29, 0.717) is 11.4 Å². The molecule has 0 spiro atoms. The molecule has 1 heterocycles. The summed E-state index contributed by atoms with van der Waals surface area (Å²) in [5.74, 6) is -0.150. The molecule has 156 valence electrons. The summed E-state index contributed by atoms with van der Waals surface area (Å²) in [7, 11) is -4.30. The fourth-order valence-electron chi connectivity index (χ4n) is 2.85. The number of rotatable bonds is 5. The van der Waals surface area contributed by atoms with Crippen LogP contribution in [-0.2, 0) is 9.84 Å². The SMILES string of the molecule is O=c1c(Cl)c(S(=O)(=O)c2ccc(O)cc2)c(Oc2ccccc2)nn1-c1ccccc1. The van der Waals surface area contributed by atoms with Crippen LogP contribution in [0.2, 0.25) is 5.02 Å². The summed E-state index contributed by atoms with van der Waals surface area (Å²) in [4.78, 5) is 12.2. The molecule has 1 N–H and O–H groups in total. The minimum atomic E-state index is -4.30. The topological polar surface area (TPSA) is 98.5 Å². The zero-order valence-corrected chi connectivity index (χ0v) is 17.4. The summed E-state index contributed by atoms with van der Waals surface area (Å²) >= 11 is 6.30. The first kappa shape index (κ1) is 20.6. The molecular formula is C22H15ClN2O5S. The van der Waals surface area contributed by atoms with Crippen molar-refractivity contribution in [2.75, 3.05) is 0 Å². The average Bonchev–Trinajstić information content (AvgIpc) is 2.77. The number of benzene rings is 3. The molecule has 9 heteroatoms. The normalized spacial score (nSPS) is 11.3. The number of phenolic OH excluding ortho intramolecular Hbond substituents is 1. The van der Waals surface area contributed by atoms with Gasteiger partial charge in [-0.05, 0) is 48.5 Å². The maximum atomic E-state index is 13.3. The van der Waals surface area contributed by atoms with Crippen molar-refractivity contribution in [1.82, 2.24) is 9.78 Å². The number of halogens is 1. The van der Waals surface area contributed by atoms with Gasteiger partial charge >= 0.3 is 0 Å². The third-order valence-corrected chi connectivity index (χ3v) is 6.61. The molecule has 3 aromatic carbocycles. The Morgan fingerprint density at radius 3 is 2.06 bits per heavy atom. The minimum Gasteiger partial charge on any atom is -0.508 e. The smallest absolute Gasteiger partial charge is 0.291 e. The molecule has 0 amide bonds. The van der Waals surface area contributed by atoms with Crippen LogP contribution in [0.4, 0.5) is 0 Å². The summed E-state index contributed by atoms with van der Waals surface area (Å²) < 4.78 is 33.4. The molecule has 0 atom stereocenters. The van der Waals surface area contributed by atoms with Crippen LogP contribution in [0.25, 0.3) is 5.69 Å². The third kappa shape index (κ3) is 4.03. The largest absolute Gasteiger partial charge is 0.508 e. The number of para-hydroxylation sites is 2. The fraction of sp³-hybridized carbons (Fsp3) is 0. The van der Waals surface area contributed by atoms with E-state index < -0.39 is 25.3 Å². The molecule has 0 aliphatic carbocycles. The van der Waals surface area contributed by atoms with Crippen molar-refractivity contribution in [3.05, 3.63) is 100 Å². The predicted molar refractivity (Wildman–Crippen MR) is 115 cm³/mol. The lowest BCUT2D eigenvalue weighted by Gasteiger charge is -2.15. The van der Waals surface area contributed by atoms with Crippen molar-refractivity contribution < 1.29 is 18.3 Å². The van der Waals surface area contributed by atoms with Gasteiger partial charge in [-0.25, -0.2) is 8.42 Å². The Labute approximate surface area is 182 Å². The van der Waals surface area contributed by atoms with Gasteiger partial charge in [-0.2, -0.15) is 4.68 Å². The van der Waals surface area contributed by atoms with Crippen LogP contribution >= 0.6 is 11.6 Å². The van der Waals surface area contributed by atoms with Crippen molar-refractivity contribution in [1.29, 1.82) is 0 Å². The molecule has 0 aliphatic heterocycles. The Hall–Kier alpha value is -3.62. The second-order valence-electron chi connectivity index (χ2n) is 6.41. The molecule has 0 aliphatic rings. The van der Waals surface area contributed by atoms with Crippen molar-refractivity contribution in [3.8, 4) is 23.1 Å². The standard InChI is InChI=1S/C22H15ClN2O5S/c23-19-20(31(28,29)18-13-11-16(26)12-14-18)21(30-17-9-5-2-6-10-17)24-25(22(19)27)15-7-3-1-4-8-15/h1-14,26H. The molecule has 0 unspecified atom stereocenters. The highest BCUT2D eigenvalue weighted by Gasteiger charge is 2.31. The van der Waals surface area contributed by atoms with Gasteiger partial charge in [0.05, 0.1) is 10.6 Å². The zero-order valence-electron chi connectivity index (χ0n) is 15.8. The monoisotopic (exact) mass is 454 g/mol. The van der Waals surface area contributed by atoms with Gasteiger partial charge in [-0.1, -0.05) is 48.0 Å². The van der Waals surface area contributed by atoms with Gasteiger partial charge in [0, 0.05) is 0 Å². The van der Waals surface area contributed by atoms with Crippen LogP contribution in [0.5, 0.6) is 17.4 Å². The predicted octanol–water partition coefficient (Wildman–Crippen LogP) is 4.22. The average molecular weight is 455 g/mol. The van der Waals surface area contributed by atoms with Gasteiger partial charge in [0.2, 0.25) is 9.84 Å². The lowest BCUT2D eigenvalue weighted by atomic mass is 10.3. The number of aromatic nitrogens is 2. The lowest BCUT2D eigenvalue weighted by molar-refractivity contribution is 0.430. The van der Waals surface area contributed by atoms with E-state index in [0.717, 1.165) is 4.68 Å². The minimum absolute atomic E-state index is 0.108. The first-order chi connectivity index (χ1) is 14.9. The molecule has 0 fully saturated rings. The Morgan fingerprint density at radius 2 is 1.45 bits per heavy atom. The summed E-state index contributed by atoms with van der Waals surface area (Å²) in [5, 5.41) is 13.1. The highest BCUT2D eigenvalue weighted by atomic mass is 35.5. The summed E-state index contributed by atoms with van der Waals surface area (Å²) in [6.07, 6.45) is 0. The maximum Gasteiger partial charge on any atom is 0.291 e. The van der Waals surface area contributed by atoms with Crippen LogP contribution in [0.3, 0.4) is 0 Å². The molecule has 4 aromatic rings. The van der Waals surface area contributed by atoms with Crippen LogP contribution in [0.1, 0.15) is 0 Å². The van der Waals surface area contributed by atoms with Crippen molar-refractivity contribution >= 4 is 21.4 Å². The molecule has 4 rings (SSSR count). The zero-order chi connectivity index (χ0) is 22.0. The van der Waals surface area contributed by atoms with Crippen LogP contribution in [-0.4, -0.2) is 23.3 Å². The molecule has 31 heavy (non-hydrogen) atoms. The number of ether oxygens (including phenoxy) is 1. The van der Waals surface area contributed by atoms with E-state index in [2.05, 4.69) is 5.10 Å². The summed E-state index contributed by atoms with van der Waals surface area (Å²) in [6, 6.07) is 21.7. The molecule has 7 nitrogen and oxygen atoms in total.